The summed E-state index contributed by atoms with van der Waals surface area (Å²) in [6, 6.07) is 12.5. The highest BCUT2D eigenvalue weighted by molar-refractivity contribution is 6.30. The molecular formula is C25H32ClN3O. The molecule has 2 heterocycles. The molecule has 0 saturated carbocycles. The van der Waals surface area contributed by atoms with Crippen LogP contribution in [0.2, 0.25) is 5.02 Å². The number of nitrogens with zero attached hydrogens (tertiary/aromatic N) is 3. The topological polar surface area (TPSA) is 30.3 Å². The molecule has 1 fully saturated rings. The van der Waals surface area contributed by atoms with Crippen molar-refractivity contribution in [1.82, 2.24) is 14.5 Å². The molecule has 1 aliphatic rings. The standard InChI is InChI=1S/C25H32ClN3O/c1-18-9-14-23-25(19(18)2)29(16-6-8-21-7-4-5-15-28(21)3)24(27-23)17-30-22-12-10-20(26)11-13-22/h9-14,21H,4-8,15-17H2,1-3H3. The van der Waals surface area contributed by atoms with Crippen molar-refractivity contribution in [3.63, 3.8) is 0 Å². The first-order valence-corrected chi connectivity index (χ1v) is 11.4. The number of likely N-dealkylation sites (tertiary alicyclic amines) is 1. The summed E-state index contributed by atoms with van der Waals surface area (Å²) in [6.45, 7) is 7.04. The van der Waals surface area contributed by atoms with Crippen LogP contribution < -0.4 is 4.74 Å². The third-order valence-corrected chi connectivity index (χ3v) is 6.79. The summed E-state index contributed by atoms with van der Waals surface area (Å²) in [4.78, 5) is 7.47. The van der Waals surface area contributed by atoms with Crippen molar-refractivity contribution >= 4 is 22.6 Å². The van der Waals surface area contributed by atoms with Crippen LogP contribution in [0.1, 0.15) is 49.1 Å². The quantitative estimate of drug-likeness (QED) is 0.454. The molecule has 1 aromatic heterocycles. The van der Waals surface area contributed by atoms with E-state index in [1.54, 1.807) is 0 Å². The molecule has 1 unspecified atom stereocenters. The molecule has 4 rings (SSSR count). The predicted molar refractivity (Wildman–Crippen MR) is 124 cm³/mol. The maximum absolute atomic E-state index is 6.05. The fourth-order valence-electron chi connectivity index (χ4n) is 4.57. The second-order valence-electron chi connectivity index (χ2n) is 8.57. The Labute approximate surface area is 184 Å². The van der Waals surface area contributed by atoms with Gasteiger partial charge in [0.2, 0.25) is 0 Å². The Bertz CT molecular complexity index is 996. The molecule has 0 bridgehead atoms. The number of rotatable bonds is 7. The van der Waals surface area contributed by atoms with E-state index in [4.69, 9.17) is 21.3 Å². The van der Waals surface area contributed by atoms with Crippen LogP contribution in [0.4, 0.5) is 0 Å². The number of piperidine rings is 1. The molecule has 1 aliphatic heterocycles. The molecule has 1 atom stereocenters. The highest BCUT2D eigenvalue weighted by Gasteiger charge is 2.19. The minimum atomic E-state index is 0.456. The lowest BCUT2D eigenvalue weighted by Gasteiger charge is -2.32. The van der Waals surface area contributed by atoms with E-state index in [0.29, 0.717) is 17.7 Å². The van der Waals surface area contributed by atoms with Gasteiger partial charge in [-0.05, 0) is 94.6 Å². The van der Waals surface area contributed by atoms with E-state index in [-0.39, 0.29) is 0 Å². The predicted octanol–water partition coefficient (Wildman–Crippen LogP) is 6.15. The van der Waals surface area contributed by atoms with Gasteiger partial charge in [-0.25, -0.2) is 4.98 Å². The molecule has 4 nitrogen and oxygen atoms in total. The van der Waals surface area contributed by atoms with Gasteiger partial charge in [0, 0.05) is 17.6 Å². The third-order valence-electron chi connectivity index (χ3n) is 6.53. The van der Waals surface area contributed by atoms with Gasteiger partial charge in [0.1, 0.15) is 18.2 Å². The minimum absolute atomic E-state index is 0.456. The number of aryl methyl sites for hydroxylation is 3. The number of imidazole rings is 1. The molecule has 5 heteroatoms. The Kier molecular flexibility index (Phi) is 6.64. The average Bonchev–Trinajstić information content (AvgIpc) is 3.10. The molecule has 0 aliphatic carbocycles. The molecule has 2 aromatic carbocycles. The number of hydrogen-bond donors (Lipinski definition) is 0. The van der Waals surface area contributed by atoms with Crippen LogP contribution in [0, 0.1) is 13.8 Å². The largest absolute Gasteiger partial charge is 0.486 e. The van der Waals surface area contributed by atoms with Gasteiger partial charge in [-0.2, -0.15) is 0 Å². The molecule has 30 heavy (non-hydrogen) atoms. The van der Waals surface area contributed by atoms with Crippen molar-refractivity contribution < 1.29 is 4.74 Å². The van der Waals surface area contributed by atoms with Crippen LogP contribution in [0.5, 0.6) is 5.75 Å². The van der Waals surface area contributed by atoms with Crippen molar-refractivity contribution in [2.75, 3.05) is 13.6 Å². The summed E-state index contributed by atoms with van der Waals surface area (Å²) < 4.78 is 8.44. The van der Waals surface area contributed by atoms with E-state index >= 15 is 0 Å². The van der Waals surface area contributed by atoms with Gasteiger partial charge in [-0.15, -0.1) is 0 Å². The summed E-state index contributed by atoms with van der Waals surface area (Å²) in [5.74, 6) is 1.81. The number of halogens is 1. The van der Waals surface area contributed by atoms with E-state index in [1.165, 1.54) is 48.9 Å². The Balaban J connectivity index is 1.54. The first-order chi connectivity index (χ1) is 14.5. The van der Waals surface area contributed by atoms with Gasteiger partial charge < -0.3 is 14.2 Å². The number of hydrogen-bond acceptors (Lipinski definition) is 3. The smallest absolute Gasteiger partial charge is 0.148 e. The van der Waals surface area contributed by atoms with Crippen molar-refractivity contribution in [3.05, 3.63) is 58.4 Å². The highest BCUT2D eigenvalue weighted by atomic mass is 35.5. The Morgan fingerprint density at radius 2 is 1.90 bits per heavy atom. The van der Waals surface area contributed by atoms with Gasteiger partial charge in [0.05, 0.1) is 11.0 Å². The van der Waals surface area contributed by atoms with E-state index in [9.17, 15) is 0 Å². The lowest BCUT2D eigenvalue weighted by molar-refractivity contribution is 0.172. The van der Waals surface area contributed by atoms with Gasteiger partial charge in [0.25, 0.3) is 0 Å². The normalized spacial score (nSPS) is 17.5. The Morgan fingerprint density at radius 1 is 1.10 bits per heavy atom. The van der Waals surface area contributed by atoms with Crippen molar-refractivity contribution in [1.29, 1.82) is 0 Å². The zero-order valence-electron chi connectivity index (χ0n) is 18.3. The molecular weight excluding hydrogens is 394 g/mol. The molecule has 0 radical (unpaired) electrons. The second kappa shape index (κ2) is 9.40. The fraction of sp³-hybridized carbons (Fsp3) is 0.480. The van der Waals surface area contributed by atoms with Crippen LogP contribution in [-0.2, 0) is 13.2 Å². The number of fused-ring (bicyclic) bond motifs is 1. The second-order valence-corrected chi connectivity index (χ2v) is 9.01. The molecule has 160 valence electrons. The SMILES string of the molecule is Cc1ccc2nc(COc3ccc(Cl)cc3)n(CCCC3CCCCN3C)c2c1C. The molecule has 0 spiro atoms. The van der Waals surface area contributed by atoms with Crippen molar-refractivity contribution in [3.8, 4) is 5.75 Å². The molecule has 0 amide bonds. The summed E-state index contributed by atoms with van der Waals surface area (Å²) in [6.07, 6.45) is 6.41. The summed E-state index contributed by atoms with van der Waals surface area (Å²) in [5.41, 5.74) is 4.93. The minimum Gasteiger partial charge on any atom is -0.486 e. The van der Waals surface area contributed by atoms with E-state index in [1.807, 2.05) is 24.3 Å². The van der Waals surface area contributed by atoms with Crippen LogP contribution in [0.25, 0.3) is 11.0 Å². The number of ether oxygens (including phenoxy) is 1. The van der Waals surface area contributed by atoms with Gasteiger partial charge >= 0.3 is 0 Å². The first-order valence-electron chi connectivity index (χ1n) is 11.1. The fourth-order valence-corrected chi connectivity index (χ4v) is 4.70. The Hall–Kier alpha value is -2.04. The zero-order chi connectivity index (χ0) is 21.1. The van der Waals surface area contributed by atoms with Gasteiger partial charge in [-0.3, -0.25) is 0 Å². The average molecular weight is 426 g/mol. The zero-order valence-corrected chi connectivity index (χ0v) is 19.1. The van der Waals surface area contributed by atoms with Gasteiger partial charge in [0.15, 0.2) is 0 Å². The third kappa shape index (κ3) is 4.65. The summed E-state index contributed by atoms with van der Waals surface area (Å²) in [5, 5.41) is 0.716. The van der Waals surface area contributed by atoms with Crippen LogP contribution in [0.3, 0.4) is 0 Å². The molecule has 0 N–H and O–H groups in total. The van der Waals surface area contributed by atoms with Crippen molar-refractivity contribution in [2.45, 2.75) is 65.1 Å². The van der Waals surface area contributed by atoms with Crippen LogP contribution in [-0.4, -0.2) is 34.1 Å². The number of aromatic nitrogens is 2. The van der Waals surface area contributed by atoms with Gasteiger partial charge in [-0.1, -0.05) is 24.1 Å². The van der Waals surface area contributed by atoms with E-state index in [0.717, 1.165) is 30.1 Å². The van der Waals surface area contributed by atoms with E-state index < -0.39 is 0 Å². The monoisotopic (exact) mass is 425 g/mol. The Morgan fingerprint density at radius 3 is 2.67 bits per heavy atom. The lowest BCUT2D eigenvalue weighted by Crippen LogP contribution is -2.36. The lowest BCUT2D eigenvalue weighted by atomic mass is 9.98. The maximum atomic E-state index is 6.05. The van der Waals surface area contributed by atoms with Crippen LogP contribution >= 0.6 is 11.6 Å². The maximum Gasteiger partial charge on any atom is 0.148 e. The van der Waals surface area contributed by atoms with E-state index in [2.05, 4.69) is 42.5 Å². The van der Waals surface area contributed by atoms with Crippen LogP contribution in [0.15, 0.2) is 36.4 Å². The van der Waals surface area contributed by atoms with Crippen molar-refractivity contribution in [2.24, 2.45) is 0 Å². The number of benzene rings is 2. The molecule has 1 saturated heterocycles. The highest BCUT2D eigenvalue weighted by Crippen LogP contribution is 2.26. The summed E-state index contributed by atoms with van der Waals surface area (Å²) >= 11 is 6.00. The first kappa shape index (κ1) is 21.2. The summed E-state index contributed by atoms with van der Waals surface area (Å²) in [7, 11) is 2.27. The molecule has 3 aromatic rings.